The molecule has 1 saturated heterocycles. The Morgan fingerprint density at radius 3 is 2.58 bits per heavy atom. The molecule has 0 atom stereocenters. The maximum absolute atomic E-state index is 11.9. The van der Waals surface area contributed by atoms with Gasteiger partial charge in [0, 0.05) is 45.0 Å². The third-order valence-corrected chi connectivity index (χ3v) is 6.22. The van der Waals surface area contributed by atoms with Crippen LogP contribution in [0.2, 0.25) is 0 Å². The lowest BCUT2D eigenvalue weighted by atomic mass is 10.2. The number of para-hydroxylation sites is 1. The van der Waals surface area contributed by atoms with Crippen molar-refractivity contribution < 1.29 is 4.79 Å². The number of carbonyl (C=O) groups excluding carboxylic acids is 1. The molecule has 1 aliphatic heterocycles. The minimum Gasteiger partial charge on any atom is -0.369 e. The summed E-state index contributed by atoms with van der Waals surface area (Å²) in [4.78, 5) is 16.7. The average molecular weight is 362 g/mol. The van der Waals surface area contributed by atoms with E-state index in [9.17, 15) is 4.79 Å². The highest BCUT2D eigenvalue weighted by molar-refractivity contribution is 8.01. The summed E-state index contributed by atoms with van der Waals surface area (Å²) in [6, 6.07) is 14.6. The van der Waals surface area contributed by atoms with Crippen LogP contribution in [0.3, 0.4) is 0 Å². The lowest BCUT2D eigenvalue weighted by Crippen LogP contribution is -2.48. The van der Waals surface area contributed by atoms with E-state index >= 15 is 0 Å². The monoisotopic (exact) mass is 361 g/mol. The number of thioether (sulfide) groups is 1. The molecule has 1 aromatic carbocycles. The number of thiophene rings is 1. The van der Waals surface area contributed by atoms with Crippen molar-refractivity contribution in [3.8, 4) is 0 Å². The second kappa shape index (κ2) is 9.11. The van der Waals surface area contributed by atoms with Crippen molar-refractivity contribution in [2.75, 3.05) is 49.9 Å². The molecule has 0 radical (unpaired) electrons. The molecule has 1 fully saturated rings. The van der Waals surface area contributed by atoms with E-state index in [2.05, 4.69) is 51.5 Å². The highest BCUT2D eigenvalue weighted by Crippen LogP contribution is 2.22. The average Bonchev–Trinajstić information content (AvgIpc) is 3.15. The molecular weight excluding hydrogens is 338 g/mol. The molecule has 2 aromatic rings. The highest BCUT2D eigenvalue weighted by Gasteiger charge is 2.16. The van der Waals surface area contributed by atoms with Crippen LogP contribution in [0.15, 0.2) is 52.1 Å². The standard InChI is InChI=1S/C18H23N3OS2/c22-17(15-24-18-7-4-14-23-18)19-8-9-20-10-12-21(13-11-20)16-5-2-1-3-6-16/h1-7,14H,8-13,15H2,(H,19,22). The Morgan fingerprint density at radius 2 is 1.88 bits per heavy atom. The zero-order chi connectivity index (χ0) is 16.6. The maximum Gasteiger partial charge on any atom is 0.230 e. The maximum atomic E-state index is 11.9. The van der Waals surface area contributed by atoms with Gasteiger partial charge in [-0.25, -0.2) is 0 Å². The van der Waals surface area contributed by atoms with Crippen LogP contribution >= 0.6 is 23.1 Å². The van der Waals surface area contributed by atoms with Crippen LogP contribution in [0.5, 0.6) is 0 Å². The zero-order valence-electron chi connectivity index (χ0n) is 13.7. The summed E-state index contributed by atoms with van der Waals surface area (Å²) in [7, 11) is 0. The first-order valence-corrected chi connectivity index (χ1v) is 10.1. The number of hydrogen-bond donors (Lipinski definition) is 1. The van der Waals surface area contributed by atoms with Crippen molar-refractivity contribution in [3.63, 3.8) is 0 Å². The molecule has 2 heterocycles. The molecule has 1 amide bonds. The normalized spacial score (nSPS) is 15.4. The van der Waals surface area contributed by atoms with Gasteiger partial charge in [-0.2, -0.15) is 0 Å². The number of nitrogens with zero attached hydrogens (tertiary/aromatic N) is 2. The van der Waals surface area contributed by atoms with Crippen molar-refractivity contribution in [2.45, 2.75) is 4.21 Å². The van der Waals surface area contributed by atoms with E-state index in [-0.39, 0.29) is 5.91 Å². The lowest BCUT2D eigenvalue weighted by Gasteiger charge is -2.36. The van der Waals surface area contributed by atoms with Crippen LogP contribution in [-0.2, 0) is 4.79 Å². The van der Waals surface area contributed by atoms with Crippen LogP contribution in [0.4, 0.5) is 5.69 Å². The summed E-state index contributed by atoms with van der Waals surface area (Å²) < 4.78 is 1.20. The Kier molecular flexibility index (Phi) is 6.57. The summed E-state index contributed by atoms with van der Waals surface area (Å²) in [6.07, 6.45) is 0. The minimum atomic E-state index is 0.122. The third kappa shape index (κ3) is 5.26. The van der Waals surface area contributed by atoms with Gasteiger partial charge in [-0.05, 0) is 23.6 Å². The lowest BCUT2D eigenvalue weighted by molar-refractivity contribution is -0.118. The summed E-state index contributed by atoms with van der Waals surface area (Å²) in [6.45, 7) is 5.86. The molecule has 0 spiro atoms. The first kappa shape index (κ1) is 17.3. The number of benzene rings is 1. The Balaban J connectivity index is 1.30. The van der Waals surface area contributed by atoms with Crippen molar-refractivity contribution in [1.29, 1.82) is 0 Å². The number of anilines is 1. The van der Waals surface area contributed by atoms with Crippen LogP contribution in [0, 0.1) is 0 Å². The van der Waals surface area contributed by atoms with Crippen molar-refractivity contribution >= 4 is 34.7 Å². The molecule has 4 nitrogen and oxygen atoms in total. The third-order valence-electron chi connectivity index (χ3n) is 4.08. The van der Waals surface area contributed by atoms with Gasteiger partial charge in [0.15, 0.2) is 0 Å². The molecule has 24 heavy (non-hydrogen) atoms. The van der Waals surface area contributed by atoms with Gasteiger partial charge >= 0.3 is 0 Å². The SMILES string of the molecule is O=C(CSc1cccs1)NCCN1CCN(c2ccccc2)CC1. The van der Waals surface area contributed by atoms with Crippen molar-refractivity contribution in [1.82, 2.24) is 10.2 Å². The second-order valence-corrected chi connectivity index (χ2v) is 7.96. The quantitative estimate of drug-likeness (QED) is 0.769. The minimum absolute atomic E-state index is 0.122. The predicted octanol–water partition coefficient (Wildman–Crippen LogP) is 2.78. The summed E-state index contributed by atoms with van der Waals surface area (Å²) in [5.74, 6) is 0.624. The highest BCUT2D eigenvalue weighted by atomic mass is 32.2. The summed E-state index contributed by atoms with van der Waals surface area (Å²) in [5.41, 5.74) is 1.30. The number of hydrogen-bond acceptors (Lipinski definition) is 5. The van der Waals surface area contributed by atoms with Gasteiger partial charge in [0.2, 0.25) is 5.91 Å². The van der Waals surface area contributed by atoms with Gasteiger partial charge in [-0.1, -0.05) is 24.3 Å². The fraction of sp³-hybridized carbons (Fsp3) is 0.389. The Hall–Kier alpha value is -1.50. The Labute approximate surface area is 151 Å². The van der Waals surface area contributed by atoms with Crippen LogP contribution in [0.1, 0.15) is 0 Å². The molecule has 1 aromatic heterocycles. The van der Waals surface area contributed by atoms with Gasteiger partial charge in [-0.15, -0.1) is 23.1 Å². The van der Waals surface area contributed by atoms with E-state index in [0.29, 0.717) is 5.75 Å². The number of amides is 1. The van der Waals surface area contributed by atoms with Crippen molar-refractivity contribution in [3.05, 3.63) is 47.8 Å². The summed E-state index contributed by atoms with van der Waals surface area (Å²) in [5, 5.41) is 5.06. The fourth-order valence-corrected chi connectivity index (χ4v) is 4.37. The van der Waals surface area contributed by atoms with Gasteiger partial charge in [-0.3, -0.25) is 9.69 Å². The molecule has 0 unspecified atom stereocenters. The van der Waals surface area contributed by atoms with Gasteiger partial charge in [0.25, 0.3) is 0 Å². The molecule has 128 valence electrons. The first-order valence-electron chi connectivity index (χ1n) is 8.26. The Bertz CT molecular complexity index is 610. The number of nitrogens with one attached hydrogen (secondary N) is 1. The van der Waals surface area contributed by atoms with Gasteiger partial charge < -0.3 is 10.2 Å². The van der Waals surface area contributed by atoms with Gasteiger partial charge in [0.05, 0.1) is 9.96 Å². The van der Waals surface area contributed by atoms with Crippen LogP contribution < -0.4 is 10.2 Å². The predicted molar refractivity (Wildman–Crippen MR) is 103 cm³/mol. The molecule has 6 heteroatoms. The zero-order valence-corrected chi connectivity index (χ0v) is 15.3. The molecule has 3 rings (SSSR count). The smallest absolute Gasteiger partial charge is 0.230 e. The van der Waals surface area contributed by atoms with Crippen LogP contribution in [0.25, 0.3) is 0 Å². The summed E-state index contributed by atoms with van der Waals surface area (Å²) >= 11 is 3.29. The topological polar surface area (TPSA) is 35.6 Å². The molecule has 1 aliphatic rings. The number of piperazine rings is 1. The first-order chi connectivity index (χ1) is 11.8. The van der Waals surface area contributed by atoms with E-state index in [0.717, 1.165) is 39.3 Å². The Morgan fingerprint density at radius 1 is 1.08 bits per heavy atom. The van der Waals surface area contributed by atoms with E-state index in [4.69, 9.17) is 0 Å². The molecule has 0 aliphatic carbocycles. The molecule has 0 bridgehead atoms. The van der Waals surface area contributed by atoms with Gasteiger partial charge in [0.1, 0.15) is 0 Å². The van der Waals surface area contributed by atoms with E-state index in [1.807, 2.05) is 11.4 Å². The fourth-order valence-electron chi connectivity index (χ4n) is 2.76. The number of rotatable bonds is 7. The molecule has 1 N–H and O–H groups in total. The van der Waals surface area contributed by atoms with E-state index in [1.54, 1.807) is 23.1 Å². The number of carbonyl (C=O) groups is 1. The second-order valence-electron chi connectivity index (χ2n) is 5.73. The van der Waals surface area contributed by atoms with Crippen molar-refractivity contribution in [2.24, 2.45) is 0 Å². The largest absolute Gasteiger partial charge is 0.369 e. The molecular formula is C18H23N3OS2. The van der Waals surface area contributed by atoms with E-state index < -0.39 is 0 Å². The molecule has 0 saturated carbocycles. The van der Waals surface area contributed by atoms with E-state index in [1.165, 1.54) is 9.90 Å². The van der Waals surface area contributed by atoms with Crippen LogP contribution in [-0.4, -0.2) is 55.8 Å².